The minimum absolute atomic E-state index is 0.137. The Morgan fingerprint density at radius 1 is 0.741 bits per heavy atom. The SMILES string of the molecule is NC(CCC(=O)O)C(=O)NCC(=O)NC(CCC(=O)O)C(=O)NCC(=O)O. The molecule has 0 saturated heterocycles. The van der Waals surface area contributed by atoms with Gasteiger partial charge in [-0.3, -0.25) is 28.8 Å². The molecule has 152 valence electrons. The first-order valence-electron chi connectivity index (χ1n) is 7.78. The molecule has 0 radical (unpaired) electrons. The molecule has 8 N–H and O–H groups in total. The molecule has 0 aliphatic carbocycles. The van der Waals surface area contributed by atoms with Gasteiger partial charge in [0.25, 0.3) is 0 Å². The fraction of sp³-hybridized carbons (Fsp3) is 0.571. The molecule has 0 spiro atoms. The smallest absolute Gasteiger partial charge is 0.322 e. The van der Waals surface area contributed by atoms with Gasteiger partial charge in [0.05, 0.1) is 12.6 Å². The highest BCUT2D eigenvalue weighted by atomic mass is 16.4. The summed E-state index contributed by atoms with van der Waals surface area (Å²) in [7, 11) is 0. The lowest BCUT2D eigenvalue weighted by Crippen LogP contribution is -2.51. The number of rotatable bonds is 13. The quantitative estimate of drug-likeness (QED) is 0.167. The van der Waals surface area contributed by atoms with E-state index in [2.05, 4.69) is 10.6 Å². The molecule has 3 amide bonds. The van der Waals surface area contributed by atoms with E-state index >= 15 is 0 Å². The number of carboxylic acids is 3. The standard InChI is InChI=1S/C14H22N4O9/c15-7(1-3-10(20)21)13(26)16-5-9(19)18-8(2-4-11(22)23)14(27)17-6-12(24)25/h7-8H,1-6,15H2,(H,16,26)(H,17,27)(H,18,19)(H,20,21)(H,22,23)(H,24,25). The lowest BCUT2D eigenvalue weighted by molar-refractivity contribution is -0.140. The third-order valence-corrected chi connectivity index (χ3v) is 3.14. The van der Waals surface area contributed by atoms with Gasteiger partial charge in [-0.05, 0) is 12.8 Å². The van der Waals surface area contributed by atoms with Gasteiger partial charge in [0, 0.05) is 12.8 Å². The number of nitrogens with one attached hydrogen (secondary N) is 3. The van der Waals surface area contributed by atoms with Gasteiger partial charge < -0.3 is 37.0 Å². The van der Waals surface area contributed by atoms with Crippen molar-refractivity contribution in [3.63, 3.8) is 0 Å². The van der Waals surface area contributed by atoms with E-state index in [1.807, 2.05) is 5.32 Å². The topological polar surface area (TPSA) is 225 Å². The molecule has 0 aromatic heterocycles. The Balaban J connectivity index is 4.57. The number of hydrogen-bond acceptors (Lipinski definition) is 7. The van der Waals surface area contributed by atoms with E-state index in [9.17, 15) is 28.8 Å². The first-order valence-corrected chi connectivity index (χ1v) is 7.78. The van der Waals surface area contributed by atoms with Crippen LogP contribution < -0.4 is 21.7 Å². The van der Waals surface area contributed by atoms with E-state index in [1.165, 1.54) is 0 Å². The van der Waals surface area contributed by atoms with Crippen LogP contribution >= 0.6 is 0 Å². The maximum Gasteiger partial charge on any atom is 0.322 e. The summed E-state index contributed by atoms with van der Waals surface area (Å²) >= 11 is 0. The first kappa shape index (κ1) is 23.8. The lowest BCUT2D eigenvalue weighted by atomic mass is 10.1. The Hall–Kier alpha value is -3.22. The molecule has 0 heterocycles. The van der Waals surface area contributed by atoms with E-state index in [0.29, 0.717) is 0 Å². The van der Waals surface area contributed by atoms with Crippen molar-refractivity contribution in [2.75, 3.05) is 13.1 Å². The molecule has 2 atom stereocenters. The first-order chi connectivity index (χ1) is 12.5. The zero-order valence-corrected chi connectivity index (χ0v) is 14.3. The van der Waals surface area contributed by atoms with Crippen molar-refractivity contribution >= 4 is 35.6 Å². The van der Waals surface area contributed by atoms with Crippen molar-refractivity contribution < 1.29 is 44.1 Å². The van der Waals surface area contributed by atoms with E-state index < -0.39 is 67.2 Å². The van der Waals surface area contributed by atoms with Crippen LogP contribution in [-0.2, 0) is 28.8 Å². The molecule has 13 nitrogen and oxygen atoms in total. The summed E-state index contributed by atoms with van der Waals surface area (Å²) in [5.74, 6) is -6.19. The van der Waals surface area contributed by atoms with Crippen molar-refractivity contribution in [3.05, 3.63) is 0 Å². The zero-order valence-electron chi connectivity index (χ0n) is 14.3. The largest absolute Gasteiger partial charge is 0.481 e. The average Bonchev–Trinajstić information content (AvgIpc) is 2.58. The van der Waals surface area contributed by atoms with Gasteiger partial charge in [0.2, 0.25) is 17.7 Å². The van der Waals surface area contributed by atoms with Crippen molar-refractivity contribution in [1.82, 2.24) is 16.0 Å². The van der Waals surface area contributed by atoms with Crippen LogP contribution in [0.15, 0.2) is 0 Å². The summed E-state index contributed by atoms with van der Waals surface area (Å²) in [5, 5.41) is 32.1. The second kappa shape index (κ2) is 12.2. The van der Waals surface area contributed by atoms with Gasteiger partial charge in [-0.15, -0.1) is 0 Å². The third kappa shape index (κ3) is 11.9. The van der Waals surface area contributed by atoms with Crippen LogP contribution in [0.1, 0.15) is 25.7 Å². The number of carbonyl (C=O) groups excluding carboxylic acids is 3. The molecule has 0 bridgehead atoms. The highest BCUT2D eigenvalue weighted by Crippen LogP contribution is 1.99. The van der Waals surface area contributed by atoms with Crippen molar-refractivity contribution in [2.24, 2.45) is 5.73 Å². The van der Waals surface area contributed by atoms with Gasteiger partial charge in [-0.1, -0.05) is 0 Å². The normalized spacial score (nSPS) is 12.3. The maximum atomic E-state index is 11.8. The minimum atomic E-state index is -1.32. The van der Waals surface area contributed by atoms with Crippen LogP contribution in [0.5, 0.6) is 0 Å². The molecule has 0 aromatic rings. The Bertz CT molecular complexity index is 593. The van der Waals surface area contributed by atoms with Crippen LogP contribution in [-0.4, -0.2) is 76.1 Å². The van der Waals surface area contributed by atoms with Gasteiger partial charge in [0.1, 0.15) is 12.6 Å². The molecule has 2 unspecified atom stereocenters. The van der Waals surface area contributed by atoms with Crippen molar-refractivity contribution in [3.8, 4) is 0 Å². The molecule has 0 aliphatic heterocycles. The summed E-state index contributed by atoms with van der Waals surface area (Å²) in [4.78, 5) is 66.8. The van der Waals surface area contributed by atoms with E-state index in [4.69, 9.17) is 21.1 Å². The highest BCUT2D eigenvalue weighted by Gasteiger charge is 2.23. The second-order valence-electron chi connectivity index (χ2n) is 5.42. The molecule has 0 rings (SSSR count). The van der Waals surface area contributed by atoms with Crippen molar-refractivity contribution in [1.29, 1.82) is 0 Å². The summed E-state index contributed by atoms with van der Waals surface area (Å²) < 4.78 is 0. The van der Waals surface area contributed by atoms with Crippen molar-refractivity contribution in [2.45, 2.75) is 37.8 Å². The highest BCUT2D eigenvalue weighted by molar-refractivity contribution is 5.92. The number of nitrogens with two attached hydrogens (primary N) is 1. The van der Waals surface area contributed by atoms with E-state index in [1.54, 1.807) is 0 Å². The maximum absolute atomic E-state index is 11.8. The summed E-state index contributed by atoms with van der Waals surface area (Å²) in [5.41, 5.74) is 5.46. The Morgan fingerprint density at radius 2 is 1.26 bits per heavy atom. The number of amides is 3. The Labute approximate surface area is 153 Å². The number of carbonyl (C=O) groups is 6. The van der Waals surface area contributed by atoms with E-state index in [-0.39, 0.29) is 19.3 Å². The predicted octanol–water partition coefficient (Wildman–Crippen LogP) is -3.15. The molecular formula is C14H22N4O9. The van der Waals surface area contributed by atoms with Crippen LogP contribution in [0.4, 0.5) is 0 Å². The molecule has 0 aromatic carbocycles. The third-order valence-electron chi connectivity index (χ3n) is 3.14. The average molecular weight is 390 g/mol. The van der Waals surface area contributed by atoms with Gasteiger partial charge in [-0.25, -0.2) is 0 Å². The molecule has 0 fully saturated rings. The fourth-order valence-electron chi connectivity index (χ4n) is 1.78. The fourth-order valence-corrected chi connectivity index (χ4v) is 1.78. The Kier molecular flexibility index (Phi) is 10.7. The van der Waals surface area contributed by atoms with Crippen LogP contribution in [0.2, 0.25) is 0 Å². The van der Waals surface area contributed by atoms with E-state index in [0.717, 1.165) is 0 Å². The van der Waals surface area contributed by atoms with Crippen LogP contribution in [0.25, 0.3) is 0 Å². The summed E-state index contributed by atoms with van der Waals surface area (Å²) in [6, 6.07) is -2.46. The summed E-state index contributed by atoms with van der Waals surface area (Å²) in [6.45, 7) is -1.30. The number of carboxylic acid groups (broad SMARTS) is 3. The molecule has 0 saturated carbocycles. The second-order valence-corrected chi connectivity index (χ2v) is 5.42. The predicted molar refractivity (Wildman–Crippen MR) is 87.3 cm³/mol. The molecule has 13 heteroatoms. The molecule has 0 aliphatic rings. The number of hydrogen-bond donors (Lipinski definition) is 7. The molecule has 27 heavy (non-hydrogen) atoms. The lowest BCUT2D eigenvalue weighted by Gasteiger charge is -2.18. The van der Waals surface area contributed by atoms with Gasteiger partial charge in [-0.2, -0.15) is 0 Å². The molecular weight excluding hydrogens is 368 g/mol. The van der Waals surface area contributed by atoms with Crippen LogP contribution in [0, 0.1) is 0 Å². The Morgan fingerprint density at radius 3 is 1.78 bits per heavy atom. The van der Waals surface area contributed by atoms with Gasteiger partial charge >= 0.3 is 17.9 Å². The minimum Gasteiger partial charge on any atom is -0.481 e. The monoisotopic (exact) mass is 390 g/mol. The van der Waals surface area contributed by atoms with Crippen LogP contribution in [0.3, 0.4) is 0 Å². The van der Waals surface area contributed by atoms with Gasteiger partial charge in [0.15, 0.2) is 0 Å². The zero-order chi connectivity index (χ0) is 21.0. The number of aliphatic carboxylic acids is 3. The summed E-state index contributed by atoms with van der Waals surface area (Å²) in [6.07, 6.45) is -1.22.